The van der Waals surface area contributed by atoms with E-state index in [1.54, 1.807) is 19.2 Å². The van der Waals surface area contributed by atoms with Gasteiger partial charge >= 0.3 is 0 Å². The predicted octanol–water partition coefficient (Wildman–Crippen LogP) is 0.888. The van der Waals surface area contributed by atoms with Crippen LogP contribution in [0.5, 0.6) is 0 Å². The largest absolute Gasteiger partial charge is 0.371 e. The number of carbonyl (C=O) groups is 4. The molecule has 0 aliphatic carbocycles. The summed E-state index contributed by atoms with van der Waals surface area (Å²) in [6.07, 6.45) is 4.60. The zero-order valence-corrected chi connectivity index (χ0v) is 19.9. The molecule has 34 heavy (non-hydrogen) atoms. The van der Waals surface area contributed by atoms with Crippen LogP contribution >= 0.6 is 0 Å². The lowest BCUT2D eigenvalue weighted by atomic mass is 9.92. The van der Waals surface area contributed by atoms with Crippen molar-refractivity contribution in [2.75, 3.05) is 57.8 Å². The number of rotatable bonds is 7. The Morgan fingerprint density at radius 1 is 1.12 bits per heavy atom. The van der Waals surface area contributed by atoms with Crippen LogP contribution in [0.2, 0.25) is 0 Å². The molecule has 3 amide bonds. The predicted molar refractivity (Wildman–Crippen MR) is 129 cm³/mol. The smallest absolute Gasteiger partial charge is 0.255 e. The summed E-state index contributed by atoms with van der Waals surface area (Å²) in [6.45, 7) is 7.42. The Bertz CT molecular complexity index is 922. The van der Waals surface area contributed by atoms with Gasteiger partial charge in [-0.3, -0.25) is 24.5 Å². The molecule has 0 saturated carbocycles. The molecular weight excluding hydrogens is 434 g/mol. The van der Waals surface area contributed by atoms with Gasteiger partial charge in [0.15, 0.2) is 6.29 Å². The topological polar surface area (TPSA) is 102 Å². The minimum atomic E-state index is -0.722. The molecule has 0 spiro atoms. The van der Waals surface area contributed by atoms with E-state index in [1.165, 1.54) is 11.3 Å². The molecule has 3 saturated heterocycles. The molecule has 3 aliphatic rings. The average Bonchev–Trinajstić information content (AvgIpc) is 2.87. The zero-order chi connectivity index (χ0) is 24.1. The number of nitrogens with one attached hydrogen (secondary N) is 2. The summed E-state index contributed by atoms with van der Waals surface area (Å²) in [4.78, 5) is 54.7. The third-order valence-corrected chi connectivity index (χ3v) is 7.44. The van der Waals surface area contributed by atoms with Crippen LogP contribution in [0.25, 0.3) is 0 Å². The van der Waals surface area contributed by atoms with Crippen molar-refractivity contribution in [3.8, 4) is 0 Å². The van der Waals surface area contributed by atoms with Gasteiger partial charge in [0.25, 0.3) is 5.91 Å². The molecule has 0 radical (unpaired) electrons. The van der Waals surface area contributed by atoms with E-state index in [2.05, 4.69) is 20.4 Å². The normalized spacial score (nSPS) is 22.4. The second-order valence-corrected chi connectivity index (χ2v) is 9.58. The third kappa shape index (κ3) is 5.64. The van der Waals surface area contributed by atoms with Crippen LogP contribution in [0.4, 0.5) is 5.69 Å². The van der Waals surface area contributed by atoms with Crippen molar-refractivity contribution < 1.29 is 19.2 Å². The van der Waals surface area contributed by atoms with Gasteiger partial charge in [-0.05, 0) is 56.3 Å². The highest BCUT2D eigenvalue weighted by atomic mass is 16.2. The van der Waals surface area contributed by atoms with E-state index in [0.717, 1.165) is 64.3 Å². The number of imide groups is 1. The molecule has 9 heteroatoms. The van der Waals surface area contributed by atoms with Gasteiger partial charge in [0.2, 0.25) is 11.8 Å². The van der Waals surface area contributed by atoms with Crippen molar-refractivity contribution in [1.29, 1.82) is 0 Å². The summed E-state index contributed by atoms with van der Waals surface area (Å²) in [5, 5.41) is 5.68. The molecule has 3 aliphatic heterocycles. The molecule has 1 atom stereocenters. The maximum absolute atomic E-state index is 13.2. The van der Waals surface area contributed by atoms with Crippen molar-refractivity contribution in [3.63, 3.8) is 0 Å². The van der Waals surface area contributed by atoms with Crippen molar-refractivity contribution in [2.45, 2.75) is 38.1 Å². The van der Waals surface area contributed by atoms with Gasteiger partial charge in [0, 0.05) is 64.0 Å². The number of hydrogen-bond acceptors (Lipinski definition) is 7. The van der Waals surface area contributed by atoms with Gasteiger partial charge < -0.3 is 20.0 Å². The van der Waals surface area contributed by atoms with Gasteiger partial charge in [-0.2, -0.15) is 0 Å². The molecule has 1 unspecified atom stereocenters. The third-order valence-electron chi connectivity index (χ3n) is 7.44. The Labute approximate surface area is 200 Å². The number of hydrogen-bond donors (Lipinski definition) is 2. The molecule has 2 N–H and O–H groups in total. The standard InChI is InChI=1S/C25H35N5O4/c1-28(22-4-5-23(32)27-24(22)33)25(34)21-16-20(3-2-19(21)17-31)30-12-7-18(8-13-30)6-11-29-14-9-26-10-15-29/h2-3,16-18,22,26H,4-15H2,1H3,(H,27,32,33). The summed E-state index contributed by atoms with van der Waals surface area (Å²) in [6, 6.07) is 4.63. The molecule has 3 fully saturated rings. The van der Waals surface area contributed by atoms with E-state index in [0.29, 0.717) is 23.3 Å². The van der Waals surface area contributed by atoms with Crippen LogP contribution in [0.3, 0.4) is 0 Å². The summed E-state index contributed by atoms with van der Waals surface area (Å²) >= 11 is 0. The average molecular weight is 470 g/mol. The highest BCUT2D eigenvalue weighted by Crippen LogP contribution is 2.28. The van der Waals surface area contributed by atoms with Crippen molar-refractivity contribution >= 4 is 29.7 Å². The second-order valence-electron chi connectivity index (χ2n) is 9.58. The van der Waals surface area contributed by atoms with Crippen LogP contribution in [0, 0.1) is 5.92 Å². The van der Waals surface area contributed by atoms with E-state index >= 15 is 0 Å². The van der Waals surface area contributed by atoms with Crippen molar-refractivity contribution in [1.82, 2.24) is 20.4 Å². The van der Waals surface area contributed by atoms with Crippen LogP contribution in [-0.2, 0) is 9.59 Å². The zero-order valence-electron chi connectivity index (χ0n) is 19.9. The van der Waals surface area contributed by atoms with E-state index in [9.17, 15) is 19.2 Å². The van der Waals surface area contributed by atoms with Gasteiger partial charge in [-0.1, -0.05) is 0 Å². The molecule has 184 valence electrons. The number of piperidine rings is 2. The Morgan fingerprint density at radius 2 is 1.85 bits per heavy atom. The SMILES string of the molecule is CN(C(=O)c1cc(N2CCC(CCN3CCNCC3)CC2)ccc1C=O)C1CCC(=O)NC1=O. The number of nitrogens with zero attached hydrogens (tertiary/aromatic N) is 3. The van der Waals surface area contributed by atoms with Gasteiger partial charge in [0.05, 0.1) is 5.56 Å². The fraction of sp³-hybridized carbons (Fsp3) is 0.600. The quantitative estimate of drug-likeness (QED) is 0.452. The Morgan fingerprint density at radius 3 is 2.53 bits per heavy atom. The maximum Gasteiger partial charge on any atom is 0.255 e. The lowest BCUT2D eigenvalue weighted by molar-refractivity contribution is -0.136. The molecule has 9 nitrogen and oxygen atoms in total. The van der Waals surface area contributed by atoms with Crippen molar-refractivity contribution in [2.24, 2.45) is 5.92 Å². The fourth-order valence-corrected chi connectivity index (χ4v) is 5.19. The first-order valence-corrected chi connectivity index (χ1v) is 12.3. The fourth-order valence-electron chi connectivity index (χ4n) is 5.19. The first kappa shape index (κ1) is 24.3. The minimum absolute atomic E-state index is 0.193. The van der Waals surface area contributed by atoms with Gasteiger partial charge in [0.1, 0.15) is 6.04 Å². The Kier molecular flexibility index (Phi) is 7.95. The number of piperazine rings is 1. The number of benzene rings is 1. The molecule has 1 aromatic carbocycles. The van der Waals surface area contributed by atoms with Crippen LogP contribution in [0.1, 0.15) is 52.8 Å². The summed E-state index contributed by atoms with van der Waals surface area (Å²) in [7, 11) is 1.55. The second kappa shape index (κ2) is 11.1. The van der Waals surface area contributed by atoms with E-state index in [-0.39, 0.29) is 24.7 Å². The van der Waals surface area contributed by atoms with Crippen LogP contribution < -0.4 is 15.5 Å². The lowest BCUT2D eigenvalue weighted by Gasteiger charge is -2.35. The van der Waals surface area contributed by atoms with E-state index in [4.69, 9.17) is 0 Å². The van der Waals surface area contributed by atoms with Crippen molar-refractivity contribution in [3.05, 3.63) is 29.3 Å². The Balaban J connectivity index is 1.38. The molecule has 0 bridgehead atoms. The summed E-state index contributed by atoms with van der Waals surface area (Å²) in [5.41, 5.74) is 1.52. The highest BCUT2D eigenvalue weighted by Gasteiger charge is 2.33. The van der Waals surface area contributed by atoms with Crippen LogP contribution in [0.15, 0.2) is 18.2 Å². The number of carbonyl (C=O) groups excluding carboxylic acids is 4. The summed E-state index contributed by atoms with van der Waals surface area (Å²) < 4.78 is 0. The Hall–Kier alpha value is -2.78. The maximum atomic E-state index is 13.2. The van der Waals surface area contributed by atoms with Gasteiger partial charge in [-0.25, -0.2) is 0 Å². The van der Waals surface area contributed by atoms with E-state index in [1.807, 2.05) is 6.07 Å². The van der Waals surface area contributed by atoms with Gasteiger partial charge in [-0.15, -0.1) is 0 Å². The number of likely N-dealkylation sites (N-methyl/N-ethyl adjacent to an activating group) is 1. The monoisotopic (exact) mass is 469 g/mol. The molecular formula is C25H35N5O4. The lowest BCUT2D eigenvalue weighted by Crippen LogP contribution is -2.53. The number of anilines is 1. The molecule has 0 aromatic heterocycles. The first-order valence-electron chi connectivity index (χ1n) is 12.3. The molecule has 1 aromatic rings. The van der Waals surface area contributed by atoms with E-state index < -0.39 is 11.9 Å². The van der Waals surface area contributed by atoms with Crippen LogP contribution in [-0.4, -0.2) is 92.7 Å². The number of amides is 3. The minimum Gasteiger partial charge on any atom is -0.371 e. The number of aldehydes is 1. The highest BCUT2D eigenvalue weighted by molar-refractivity contribution is 6.06. The first-order chi connectivity index (χ1) is 16.5. The summed E-state index contributed by atoms with van der Waals surface area (Å²) in [5.74, 6) is -0.475. The molecule has 4 rings (SSSR count). The molecule has 3 heterocycles.